The molecule has 3 saturated heterocycles. The Morgan fingerprint density at radius 3 is 2.64 bits per heavy atom. The third-order valence-electron chi connectivity index (χ3n) is 5.64. The lowest BCUT2D eigenvalue weighted by atomic mass is 10.1. The van der Waals surface area contributed by atoms with E-state index in [9.17, 15) is 4.79 Å². The van der Waals surface area contributed by atoms with Crippen LogP contribution < -0.4 is 10.3 Å². The summed E-state index contributed by atoms with van der Waals surface area (Å²) in [6.45, 7) is 1.77. The maximum Gasteiger partial charge on any atom is 0.302 e. The van der Waals surface area contributed by atoms with Crippen LogP contribution in [0.3, 0.4) is 0 Å². The third kappa shape index (κ3) is 3.69. The molecule has 3 fully saturated rings. The van der Waals surface area contributed by atoms with Crippen molar-refractivity contribution < 1.29 is 28.4 Å². The van der Waals surface area contributed by atoms with Crippen LogP contribution in [-0.4, -0.2) is 60.3 Å². The van der Waals surface area contributed by atoms with Crippen LogP contribution in [0.25, 0.3) is 0 Å². The largest absolute Gasteiger partial charge is 0.453 e. The fraction of sp³-hybridized carbons (Fsp3) is 0.789. The van der Waals surface area contributed by atoms with E-state index in [4.69, 9.17) is 28.4 Å². The molecule has 1 aromatic rings. The number of hydrogen-bond donors (Lipinski definition) is 0. The van der Waals surface area contributed by atoms with Crippen LogP contribution in [-0.2, 0) is 23.7 Å². The van der Waals surface area contributed by atoms with Gasteiger partial charge in [-0.15, -0.1) is 0 Å². The van der Waals surface area contributed by atoms with Gasteiger partial charge in [-0.3, -0.25) is 9.36 Å². The van der Waals surface area contributed by atoms with Crippen molar-refractivity contribution >= 4 is 0 Å². The summed E-state index contributed by atoms with van der Waals surface area (Å²) in [7, 11) is 0. The molecular formula is C19H26N2O7. The minimum absolute atomic E-state index is 0.199. The van der Waals surface area contributed by atoms with E-state index in [0.29, 0.717) is 13.2 Å². The van der Waals surface area contributed by atoms with Gasteiger partial charge in [-0.1, -0.05) is 0 Å². The van der Waals surface area contributed by atoms with Crippen molar-refractivity contribution in [2.75, 3.05) is 19.8 Å². The zero-order valence-electron chi connectivity index (χ0n) is 15.7. The standard InChI is InChI=1S/C19H26N2O7/c22-13-7-8-21-18-17(28-19(21)20-13)16(27-15-6-2-4-10-24-15)12(26-18)11-25-14-5-1-3-9-23-14/h7-8,12,14-18H,1-6,9-11H2/t12-,14?,15?,16-,17+,18-/m0/s1. The van der Waals surface area contributed by atoms with Crippen LogP contribution in [0.15, 0.2) is 17.1 Å². The highest BCUT2D eigenvalue weighted by atomic mass is 16.7. The summed E-state index contributed by atoms with van der Waals surface area (Å²) in [5.41, 5.74) is -0.339. The SMILES string of the molecule is O=c1ccn2c(n1)O[C@@H]1[C@@H](OC3CCCCO3)[C@H](COC3CCCCO3)O[C@@H]12. The molecule has 0 spiro atoms. The molecule has 0 aromatic carbocycles. The van der Waals surface area contributed by atoms with E-state index < -0.39 is 12.3 Å². The topological polar surface area (TPSA) is 90.3 Å². The molecule has 0 radical (unpaired) electrons. The predicted molar refractivity (Wildman–Crippen MR) is 94.8 cm³/mol. The normalized spacial score (nSPS) is 37.3. The minimum atomic E-state index is -0.405. The van der Waals surface area contributed by atoms with Gasteiger partial charge in [-0.2, -0.15) is 4.98 Å². The van der Waals surface area contributed by atoms with Gasteiger partial charge >= 0.3 is 6.01 Å². The Morgan fingerprint density at radius 2 is 1.89 bits per heavy atom. The lowest BCUT2D eigenvalue weighted by molar-refractivity contribution is -0.223. The van der Waals surface area contributed by atoms with E-state index in [0.717, 1.165) is 45.1 Å². The molecule has 0 N–H and O–H groups in total. The maximum atomic E-state index is 11.6. The minimum Gasteiger partial charge on any atom is -0.453 e. The molecule has 2 unspecified atom stereocenters. The fourth-order valence-corrected chi connectivity index (χ4v) is 4.19. The van der Waals surface area contributed by atoms with Crippen LogP contribution in [0.4, 0.5) is 0 Å². The maximum absolute atomic E-state index is 11.6. The van der Waals surface area contributed by atoms with E-state index in [1.165, 1.54) is 6.07 Å². The lowest BCUT2D eigenvalue weighted by Gasteiger charge is -2.30. The van der Waals surface area contributed by atoms with E-state index in [2.05, 4.69) is 4.98 Å². The summed E-state index contributed by atoms with van der Waals surface area (Å²) in [6, 6.07) is 1.66. The highest BCUT2D eigenvalue weighted by Crippen LogP contribution is 2.41. The van der Waals surface area contributed by atoms with Crippen molar-refractivity contribution in [2.45, 2.75) is 75.6 Å². The van der Waals surface area contributed by atoms with Gasteiger partial charge in [0.25, 0.3) is 5.56 Å². The van der Waals surface area contributed by atoms with E-state index in [1.807, 2.05) is 0 Å². The third-order valence-corrected chi connectivity index (χ3v) is 5.64. The lowest BCUT2D eigenvalue weighted by Crippen LogP contribution is -2.43. The highest BCUT2D eigenvalue weighted by Gasteiger charge is 2.53. The zero-order chi connectivity index (χ0) is 18.9. The summed E-state index contributed by atoms with van der Waals surface area (Å²) in [5.74, 6) is 0. The Labute approximate surface area is 162 Å². The first-order valence-corrected chi connectivity index (χ1v) is 10.2. The molecule has 0 aliphatic carbocycles. The number of aromatic nitrogens is 2. The average molecular weight is 394 g/mol. The quantitative estimate of drug-likeness (QED) is 0.739. The van der Waals surface area contributed by atoms with Gasteiger partial charge < -0.3 is 28.4 Å². The summed E-state index contributed by atoms with van der Waals surface area (Å²) >= 11 is 0. The van der Waals surface area contributed by atoms with Crippen molar-refractivity contribution in [3.05, 3.63) is 22.6 Å². The molecule has 28 heavy (non-hydrogen) atoms. The molecule has 4 aliphatic rings. The van der Waals surface area contributed by atoms with Gasteiger partial charge in [0.05, 0.1) is 6.61 Å². The smallest absolute Gasteiger partial charge is 0.302 e. The Kier molecular flexibility index (Phi) is 5.34. The number of ether oxygens (including phenoxy) is 6. The summed E-state index contributed by atoms with van der Waals surface area (Å²) in [5, 5.41) is 0. The number of nitrogens with zero attached hydrogens (tertiary/aromatic N) is 2. The van der Waals surface area contributed by atoms with Gasteiger partial charge in [0.15, 0.2) is 24.9 Å². The Bertz CT molecular complexity index is 729. The van der Waals surface area contributed by atoms with Gasteiger partial charge in [-0.05, 0) is 38.5 Å². The first kappa shape index (κ1) is 18.5. The van der Waals surface area contributed by atoms with Crippen molar-refractivity contribution in [1.29, 1.82) is 0 Å². The molecule has 9 nitrogen and oxygen atoms in total. The van der Waals surface area contributed by atoms with Crippen molar-refractivity contribution in [1.82, 2.24) is 9.55 Å². The first-order valence-electron chi connectivity index (χ1n) is 10.2. The monoisotopic (exact) mass is 394 g/mol. The molecular weight excluding hydrogens is 368 g/mol. The van der Waals surface area contributed by atoms with Gasteiger partial charge in [-0.25, -0.2) is 0 Å². The van der Waals surface area contributed by atoms with Crippen molar-refractivity contribution in [2.24, 2.45) is 0 Å². The molecule has 5 rings (SSSR count). The Balaban J connectivity index is 1.31. The van der Waals surface area contributed by atoms with Crippen LogP contribution in [0.2, 0.25) is 0 Å². The van der Waals surface area contributed by atoms with E-state index in [-0.39, 0.29) is 36.4 Å². The first-order chi connectivity index (χ1) is 13.8. The van der Waals surface area contributed by atoms with Crippen LogP contribution in [0.5, 0.6) is 6.01 Å². The second-order valence-electron chi connectivity index (χ2n) is 7.63. The summed E-state index contributed by atoms with van der Waals surface area (Å²) < 4.78 is 37.6. The molecule has 4 aliphatic heterocycles. The number of rotatable bonds is 5. The second kappa shape index (κ2) is 8.08. The van der Waals surface area contributed by atoms with E-state index in [1.54, 1.807) is 10.8 Å². The molecule has 0 saturated carbocycles. The Hall–Kier alpha value is -1.52. The van der Waals surface area contributed by atoms with Gasteiger partial charge in [0.2, 0.25) is 0 Å². The van der Waals surface area contributed by atoms with Crippen LogP contribution in [0.1, 0.15) is 44.8 Å². The molecule has 1 aromatic heterocycles. The molecule has 9 heteroatoms. The average Bonchev–Trinajstić information content (AvgIpc) is 3.24. The van der Waals surface area contributed by atoms with Crippen molar-refractivity contribution in [3.63, 3.8) is 0 Å². The molecule has 154 valence electrons. The molecule has 0 bridgehead atoms. The van der Waals surface area contributed by atoms with Gasteiger partial charge in [0, 0.05) is 25.5 Å². The number of hydrogen-bond acceptors (Lipinski definition) is 8. The molecule has 0 amide bonds. The zero-order valence-corrected chi connectivity index (χ0v) is 15.7. The number of fused-ring (bicyclic) bond motifs is 3. The predicted octanol–water partition coefficient (Wildman–Crippen LogP) is 1.36. The van der Waals surface area contributed by atoms with Crippen LogP contribution in [0, 0.1) is 0 Å². The molecule has 5 heterocycles. The summed E-state index contributed by atoms with van der Waals surface area (Å²) in [4.78, 5) is 15.5. The van der Waals surface area contributed by atoms with Crippen LogP contribution >= 0.6 is 0 Å². The van der Waals surface area contributed by atoms with Gasteiger partial charge in [0.1, 0.15) is 12.2 Å². The molecule has 6 atom stereocenters. The second-order valence-corrected chi connectivity index (χ2v) is 7.63. The van der Waals surface area contributed by atoms with Crippen molar-refractivity contribution in [3.8, 4) is 6.01 Å². The Morgan fingerprint density at radius 1 is 1.11 bits per heavy atom. The summed E-state index contributed by atoms with van der Waals surface area (Å²) in [6.07, 6.45) is 5.69. The highest BCUT2D eigenvalue weighted by molar-refractivity contribution is 5.11. The van der Waals surface area contributed by atoms with E-state index >= 15 is 0 Å². The fourth-order valence-electron chi connectivity index (χ4n) is 4.19.